The van der Waals surface area contributed by atoms with E-state index in [9.17, 15) is 9.59 Å². The van der Waals surface area contributed by atoms with Crippen molar-refractivity contribution in [2.45, 2.75) is 53.2 Å². The number of H-pyrrole nitrogens is 1. The zero-order valence-corrected chi connectivity index (χ0v) is 15.2. The third-order valence-corrected chi connectivity index (χ3v) is 4.69. The van der Waals surface area contributed by atoms with E-state index in [1.807, 2.05) is 6.92 Å². The maximum atomic E-state index is 12.4. The number of aromatic nitrogens is 2. The second-order valence-electron chi connectivity index (χ2n) is 7.08. The molecule has 1 N–H and O–H groups in total. The molecule has 0 saturated heterocycles. The Morgan fingerprint density at radius 2 is 1.84 bits per heavy atom. The van der Waals surface area contributed by atoms with Gasteiger partial charge in [-0.3, -0.25) is 14.3 Å². The van der Waals surface area contributed by atoms with Crippen molar-refractivity contribution in [3.8, 4) is 0 Å². The fourth-order valence-electron chi connectivity index (χ4n) is 3.32. The van der Waals surface area contributed by atoms with Crippen LogP contribution in [0.1, 0.15) is 47.7 Å². The van der Waals surface area contributed by atoms with E-state index >= 15 is 0 Å². The summed E-state index contributed by atoms with van der Waals surface area (Å²) in [6, 6.07) is 6.33. The lowest BCUT2D eigenvalue weighted by atomic mass is 10.0. The summed E-state index contributed by atoms with van der Waals surface area (Å²) in [4.78, 5) is 27.1. The Balaban J connectivity index is 1.97. The molecule has 1 aliphatic rings. The molecular formula is C20H26N2O3. The summed E-state index contributed by atoms with van der Waals surface area (Å²) in [7, 11) is 0. The van der Waals surface area contributed by atoms with E-state index in [-0.39, 0.29) is 12.3 Å². The molecule has 1 aromatic heterocycles. The first-order valence-electron chi connectivity index (χ1n) is 8.97. The zero-order valence-electron chi connectivity index (χ0n) is 15.2. The molecule has 0 spiro atoms. The molecule has 0 atom stereocenters. The SMILES string of the molecule is CCc1c(Cc2cc(C)cc(C)c2)n(COCC2CC2)c(=O)[nH]c1=O. The van der Waals surface area contributed by atoms with Crippen LogP contribution in [0.2, 0.25) is 0 Å². The van der Waals surface area contributed by atoms with E-state index < -0.39 is 5.69 Å². The van der Waals surface area contributed by atoms with Crippen LogP contribution < -0.4 is 11.2 Å². The molecule has 0 radical (unpaired) electrons. The number of aryl methyl sites for hydroxylation is 2. The van der Waals surface area contributed by atoms with Crippen molar-refractivity contribution < 1.29 is 4.74 Å². The number of aromatic amines is 1. The van der Waals surface area contributed by atoms with Gasteiger partial charge in [0.1, 0.15) is 6.73 Å². The lowest BCUT2D eigenvalue weighted by Crippen LogP contribution is -2.36. The first-order valence-corrected chi connectivity index (χ1v) is 8.97. The minimum atomic E-state index is -0.391. The predicted molar refractivity (Wildman–Crippen MR) is 98.1 cm³/mol. The molecule has 5 nitrogen and oxygen atoms in total. The zero-order chi connectivity index (χ0) is 18.0. The Morgan fingerprint density at radius 1 is 1.16 bits per heavy atom. The average Bonchev–Trinajstić information content (AvgIpc) is 3.33. The second kappa shape index (κ2) is 7.40. The minimum Gasteiger partial charge on any atom is -0.360 e. The number of hydrogen-bond acceptors (Lipinski definition) is 3. The highest BCUT2D eigenvalue weighted by Crippen LogP contribution is 2.28. The number of nitrogens with one attached hydrogen (secondary N) is 1. The molecule has 3 rings (SSSR count). The molecule has 2 aromatic rings. The third-order valence-electron chi connectivity index (χ3n) is 4.69. The lowest BCUT2D eigenvalue weighted by Gasteiger charge is -2.16. The van der Waals surface area contributed by atoms with Crippen LogP contribution in [0.15, 0.2) is 27.8 Å². The number of benzene rings is 1. The Morgan fingerprint density at radius 3 is 2.44 bits per heavy atom. The van der Waals surface area contributed by atoms with Crippen molar-refractivity contribution in [3.05, 3.63) is 67.0 Å². The number of rotatable bonds is 7. The van der Waals surface area contributed by atoms with Gasteiger partial charge >= 0.3 is 5.69 Å². The van der Waals surface area contributed by atoms with Gasteiger partial charge in [-0.1, -0.05) is 36.2 Å². The maximum absolute atomic E-state index is 12.4. The fourth-order valence-corrected chi connectivity index (χ4v) is 3.32. The van der Waals surface area contributed by atoms with E-state index in [1.165, 1.54) is 24.0 Å². The van der Waals surface area contributed by atoms with Gasteiger partial charge in [0.15, 0.2) is 0 Å². The fraction of sp³-hybridized carbons (Fsp3) is 0.500. The Hall–Kier alpha value is -2.14. The summed E-state index contributed by atoms with van der Waals surface area (Å²) in [5.41, 5.74) is 4.20. The molecule has 0 aliphatic heterocycles. The Kier molecular flexibility index (Phi) is 5.23. The number of hydrogen-bond donors (Lipinski definition) is 1. The van der Waals surface area contributed by atoms with Crippen LogP contribution in [0.4, 0.5) is 0 Å². The first kappa shape index (κ1) is 17.7. The summed E-state index contributed by atoms with van der Waals surface area (Å²) in [6.07, 6.45) is 3.54. The molecule has 0 bridgehead atoms. The van der Waals surface area contributed by atoms with Crippen LogP contribution in [0.25, 0.3) is 0 Å². The smallest absolute Gasteiger partial charge is 0.330 e. The minimum absolute atomic E-state index is 0.194. The van der Waals surface area contributed by atoms with E-state index in [4.69, 9.17) is 4.74 Å². The Labute approximate surface area is 147 Å². The van der Waals surface area contributed by atoms with Gasteiger partial charge in [0.25, 0.3) is 5.56 Å². The molecule has 0 amide bonds. The first-order chi connectivity index (χ1) is 12.0. The number of nitrogens with zero attached hydrogens (tertiary/aromatic N) is 1. The molecule has 5 heteroatoms. The van der Waals surface area contributed by atoms with Crippen LogP contribution in [0, 0.1) is 19.8 Å². The van der Waals surface area contributed by atoms with Gasteiger partial charge in [0, 0.05) is 17.7 Å². The largest absolute Gasteiger partial charge is 0.360 e. The second-order valence-corrected chi connectivity index (χ2v) is 7.08. The summed E-state index contributed by atoms with van der Waals surface area (Å²) in [5, 5.41) is 0. The van der Waals surface area contributed by atoms with E-state index in [0.29, 0.717) is 30.9 Å². The van der Waals surface area contributed by atoms with Gasteiger partial charge in [-0.25, -0.2) is 4.79 Å². The van der Waals surface area contributed by atoms with Crippen molar-refractivity contribution in [2.75, 3.05) is 6.61 Å². The third kappa shape index (κ3) is 4.28. The van der Waals surface area contributed by atoms with Gasteiger partial charge in [-0.05, 0) is 44.6 Å². The molecule has 134 valence electrons. The van der Waals surface area contributed by atoms with Gasteiger partial charge in [0.05, 0.1) is 6.61 Å². The van der Waals surface area contributed by atoms with Gasteiger partial charge in [-0.15, -0.1) is 0 Å². The van der Waals surface area contributed by atoms with Gasteiger partial charge in [-0.2, -0.15) is 0 Å². The summed E-state index contributed by atoms with van der Waals surface area (Å²) >= 11 is 0. The highest BCUT2D eigenvalue weighted by molar-refractivity contribution is 5.33. The molecule has 1 heterocycles. The summed E-state index contributed by atoms with van der Waals surface area (Å²) in [5.74, 6) is 0.631. The highest BCUT2D eigenvalue weighted by atomic mass is 16.5. The standard InChI is InChI=1S/C20H26N2O3/c1-4-17-18(10-16-8-13(2)7-14(3)9-16)22(20(24)21-19(17)23)12-25-11-15-5-6-15/h7-9,15H,4-6,10-12H2,1-3H3,(H,21,23,24). The van der Waals surface area contributed by atoms with Crippen molar-refractivity contribution in [3.63, 3.8) is 0 Å². The van der Waals surface area contributed by atoms with E-state index in [1.54, 1.807) is 4.57 Å². The Bertz CT molecular complexity index is 855. The molecule has 0 unspecified atom stereocenters. The molecule has 1 saturated carbocycles. The van der Waals surface area contributed by atoms with Crippen LogP contribution in [-0.4, -0.2) is 16.2 Å². The highest BCUT2D eigenvalue weighted by Gasteiger charge is 2.22. The van der Waals surface area contributed by atoms with Crippen molar-refractivity contribution in [1.29, 1.82) is 0 Å². The van der Waals surface area contributed by atoms with Crippen LogP contribution >= 0.6 is 0 Å². The van der Waals surface area contributed by atoms with E-state index in [0.717, 1.165) is 11.3 Å². The summed E-state index contributed by atoms with van der Waals surface area (Å²) in [6.45, 7) is 6.92. The normalized spacial score (nSPS) is 14.0. The predicted octanol–water partition coefficient (Wildman–Crippen LogP) is 2.69. The lowest BCUT2D eigenvalue weighted by molar-refractivity contribution is 0.0640. The van der Waals surface area contributed by atoms with Crippen molar-refractivity contribution in [2.24, 2.45) is 5.92 Å². The van der Waals surface area contributed by atoms with Gasteiger partial charge < -0.3 is 4.74 Å². The van der Waals surface area contributed by atoms with E-state index in [2.05, 4.69) is 37.0 Å². The quantitative estimate of drug-likeness (QED) is 0.841. The summed E-state index contributed by atoms with van der Waals surface area (Å²) < 4.78 is 7.31. The average molecular weight is 342 g/mol. The molecular weight excluding hydrogens is 316 g/mol. The van der Waals surface area contributed by atoms with Crippen LogP contribution in [0.5, 0.6) is 0 Å². The van der Waals surface area contributed by atoms with Crippen molar-refractivity contribution in [1.82, 2.24) is 9.55 Å². The monoisotopic (exact) mass is 342 g/mol. The molecule has 1 aliphatic carbocycles. The van der Waals surface area contributed by atoms with Crippen LogP contribution in [0.3, 0.4) is 0 Å². The topological polar surface area (TPSA) is 64.1 Å². The van der Waals surface area contributed by atoms with Crippen molar-refractivity contribution >= 4 is 0 Å². The van der Waals surface area contributed by atoms with Gasteiger partial charge in [0.2, 0.25) is 0 Å². The molecule has 1 fully saturated rings. The molecule has 1 aromatic carbocycles. The molecule has 25 heavy (non-hydrogen) atoms. The van der Waals surface area contributed by atoms with Crippen LogP contribution in [-0.2, 0) is 24.3 Å². The maximum Gasteiger partial charge on any atom is 0.330 e. The number of ether oxygens (including phenoxy) is 1.